The van der Waals surface area contributed by atoms with E-state index in [-0.39, 0.29) is 18.0 Å². The van der Waals surface area contributed by atoms with Crippen molar-refractivity contribution in [1.29, 1.82) is 0 Å². The minimum Gasteiger partial charge on any atom is -0.383 e. The first-order valence-electron chi connectivity index (χ1n) is 6.16. The zero-order valence-electron chi connectivity index (χ0n) is 10.5. The van der Waals surface area contributed by atoms with Gasteiger partial charge in [0.2, 0.25) is 5.91 Å². The van der Waals surface area contributed by atoms with Gasteiger partial charge in [0.25, 0.3) is 0 Å². The lowest BCUT2D eigenvalue weighted by Gasteiger charge is -2.32. The van der Waals surface area contributed by atoms with Crippen LogP contribution >= 0.6 is 11.3 Å². The molecule has 1 aromatic rings. The van der Waals surface area contributed by atoms with E-state index >= 15 is 0 Å². The van der Waals surface area contributed by atoms with Gasteiger partial charge in [0.1, 0.15) is 0 Å². The molecule has 2 heterocycles. The molecule has 100 valence electrons. The van der Waals surface area contributed by atoms with Crippen LogP contribution in [0.4, 0.5) is 0 Å². The molecule has 2 rings (SSSR count). The molecule has 2 unspecified atom stereocenters. The lowest BCUT2D eigenvalue weighted by atomic mass is 10.0. The van der Waals surface area contributed by atoms with Gasteiger partial charge in [0.15, 0.2) is 0 Å². The number of carbonyl (C=O) groups is 1. The number of ether oxygens (including phenoxy) is 1. The number of carbonyl (C=O) groups excluding carboxylic acids is 1. The predicted molar refractivity (Wildman–Crippen MR) is 70.3 cm³/mol. The first kappa shape index (κ1) is 13.5. The van der Waals surface area contributed by atoms with E-state index in [0.717, 1.165) is 18.5 Å². The number of rotatable bonds is 4. The van der Waals surface area contributed by atoms with Crippen LogP contribution < -0.4 is 5.73 Å². The van der Waals surface area contributed by atoms with Crippen LogP contribution in [0.1, 0.15) is 31.0 Å². The second-order valence-corrected chi connectivity index (χ2v) is 5.21. The molecular formula is C12H19N3O2S. The van der Waals surface area contributed by atoms with Crippen molar-refractivity contribution < 1.29 is 9.53 Å². The Morgan fingerprint density at radius 2 is 2.50 bits per heavy atom. The summed E-state index contributed by atoms with van der Waals surface area (Å²) in [5.41, 5.74) is 8.91. The smallest absolute Gasteiger partial charge is 0.223 e. The first-order chi connectivity index (χ1) is 8.74. The minimum absolute atomic E-state index is 0.0459. The van der Waals surface area contributed by atoms with E-state index in [0.29, 0.717) is 19.6 Å². The van der Waals surface area contributed by atoms with E-state index < -0.39 is 0 Å². The van der Waals surface area contributed by atoms with E-state index in [1.807, 2.05) is 10.3 Å². The maximum Gasteiger partial charge on any atom is 0.223 e. The number of amides is 1. The van der Waals surface area contributed by atoms with Gasteiger partial charge in [-0.1, -0.05) is 0 Å². The van der Waals surface area contributed by atoms with Gasteiger partial charge in [-0.05, 0) is 12.8 Å². The first-order valence-corrected chi connectivity index (χ1v) is 7.10. The Labute approximate surface area is 111 Å². The SMILES string of the molecule is COCCN1C(=O)CCCC(N)C1c1cscn1. The maximum atomic E-state index is 12.2. The predicted octanol–water partition coefficient (Wildman–Crippen LogP) is 1.17. The molecule has 1 saturated heterocycles. The average Bonchev–Trinajstić information content (AvgIpc) is 2.82. The molecule has 2 N–H and O–H groups in total. The van der Waals surface area contributed by atoms with Crippen molar-refractivity contribution >= 4 is 17.2 Å². The van der Waals surface area contributed by atoms with Gasteiger partial charge in [-0.15, -0.1) is 11.3 Å². The second kappa shape index (κ2) is 6.26. The number of hydrogen-bond acceptors (Lipinski definition) is 5. The third kappa shape index (κ3) is 2.88. The molecule has 0 radical (unpaired) electrons. The van der Waals surface area contributed by atoms with Crippen molar-refractivity contribution in [3.05, 3.63) is 16.6 Å². The fourth-order valence-corrected chi connectivity index (χ4v) is 2.96. The topological polar surface area (TPSA) is 68.5 Å². The number of aromatic nitrogens is 1. The molecule has 2 atom stereocenters. The normalized spacial score (nSPS) is 25.2. The van der Waals surface area contributed by atoms with Gasteiger partial charge in [-0.25, -0.2) is 4.98 Å². The molecule has 1 aromatic heterocycles. The Balaban J connectivity index is 2.24. The summed E-state index contributed by atoms with van der Waals surface area (Å²) >= 11 is 1.53. The number of nitrogens with zero attached hydrogens (tertiary/aromatic N) is 2. The van der Waals surface area contributed by atoms with Gasteiger partial charge < -0.3 is 15.4 Å². The van der Waals surface area contributed by atoms with Crippen LogP contribution in [0.25, 0.3) is 0 Å². The summed E-state index contributed by atoms with van der Waals surface area (Å²) in [5.74, 6) is 0.151. The van der Waals surface area contributed by atoms with Crippen LogP contribution in [0.5, 0.6) is 0 Å². The van der Waals surface area contributed by atoms with E-state index in [4.69, 9.17) is 10.5 Å². The van der Waals surface area contributed by atoms with E-state index in [9.17, 15) is 4.79 Å². The Morgan fingerprint density at radius 3 is 3.17 bits per heavy atom. The number of nitrogens with two attached hydrogens (primary N) is 1. The molecule has 5 nitrogen and oxygen atoms in total. The summed E-state index contributed by atoms with van der Waals surface area (Å²) in [6, 6.07) is -0.156. The van der Waals surface area contributed by atoms with Crippen molar-refractivity contribution in [3.63, 3.8) is 0 Å². The van der Waals surface area contributed by atoms with Crippen LogP contribution in [-0.4, -0.2) is 42.1 Å². The molecule has 1 amide bonds. The van der Waals surface area contributed by atoms with E-state index in [1.165, 1.54) is 11.3 Å². The Morgan fingerprint density at radius 1 is 1.67 bits per heavy atom. The Kier molecular flexibility index (Phi) is 4.68. The third-order valence-corrected chi connectivity index (χ3v) is 3.89. The van der Waals surface area contributed by atoms with Crippen LogP contribution in [0.3, 0.4) is 0 Å². The zero-order valence-corrected chi connectivity index (χ0v) is 11.4. The van der Waals surface area contributed by atoms with Crippen LogP contribution in [0.15, 0.2) is 10.9 Å². The van der Waals surface area contributed by atoms with Crippen LogP contribution in [-0.2, 0) is 9.53 Å². The van der Waals surface area contributed by atoms with Crippen molar-refractivity contribution in [2.45, 2.75) is 31.3 Å². The zero-order chi connectivity index (χ0) is 13.0. The molecule has 1 fully saturated rings. The summed E-state index contributed by atoms with van der Waals surface area (Å²) in [7, 11) is 1.64. The second-order valence-electron chi connectivity index (χ2n) is 4.49. The average molecular weight is 269 g/mol. The van der Waals surface area contributed by atoms with Crippen molar-refractivity contribution in [3.8, 4) is 0 Å². The third-order valence-electron chi connectivity index (χ3n) is 3.28. The molecule has 1 aliphatic heterocycles. The highest BCUT2D eigenvalue weighted by molar-refractivity contribution is 7.07. The van der Waals surface area contributed by atoms with Crippen molar-refractivity contribution in [1.82, 2.24) is 9.88 Å². The number of thiazole rings is 1. The largest absolute Gasteiger partial charge is 0.383 e. The summed E-state index contributed by atoms with van der Waals surface area (Å²) in [5, 5.41) is 1.98. The summed E-state index contributed by atoms with van der Waals surface area (Å²) in [4.78, 5) is 18.3. The summed E-state index contributed by atoms with van der Waals surface area (Å²) in [6.45, 7) is 1.10. The molecule has 0 spiro atoms. The molecule has 1 aliphatic rings. The summed E-state index contributed by atoms with van der Waals surface area (Å²) < 4.78 is 5.08. The monoisotopic (exact) mass is 269 g/mol. The van der Waals surface area contributed by atoms with Gasteiger partial charge >= 0.3 is 0 Å². The number of likely N-dealkylation sites (tertiary alicyclic amines) is 1. The number of methoxy groups -OCH3 is 1. The van der Waals surface area contributed by atoms with Gasteiger partial charge in [0, 0.05) is 31.5 Å². The Bertz CT molecular complexity index is 383. The lowest BCUT2D eigenvalue weighted by Crippen LogP contribution is -2.43. The van der Waals surface area contributed by atoms with Crippen molar-refractivity contribution in [2.24, 2.45) is 5.73 Å². The highest BCUT2D eigenvalue weighted by Crippen LogP contribution is 2.29. The maximum absolute atomic E-state index is 12.2. The quantitative estimate of drug-likeness (QED) is 0.891. The highest BCUT2D eigenvalue weighted by atomic mass is 32.1. The highest BCUT2D eigenvalue weighted by Gasteiger charge is 2.33. The number of hydrogen-bond donors (Lipinski definition) is 1. The van der Waals surface area contributed by atoms with Gasteiger partial charge in [-0.2, -0.15) is 0 Å². The molecule has 18 heavy (non-hydrogen) atoms. The standard InChI is InChI=1S/C12H19N3O2S/c1-17-6-5-15-11(16)4-2-3-9(13)12(15)10-7-18-8-14-10/h7-9,12H,2-6,13H2,1H3. The van der Waals surface area contributed by atoms with Crippen LogP contribution in [0, 0.1) is 0 Å². The Hall–Kier alpha value is -0.980. The van der Waals surface area contributed by atoms with Crippen LogP contribution in [0.2, 0.25) is 0 Å². The molecule has 0 saturated carbocycles. The van der Waals surface area contributed by atoms with Gasteiger partial charge in [-0.3, -0.25) is 4.79 Å². The van der Waals surface area contributed by atoms with E-state index in [1.54, 1.807) is 12.6 Å². The lowest BCUT2D eigenvalue weighted by molar-refractivity contribution is -0.134. The van der Waals surface area contributed by atoms with Gasteiger partial charge in [0.05, 0.1) is 23.9 Å². The summed E-state index contributed by atoms with van der Waals surface area (Å²) in [6.07, 6.45) is 2.28. The molecule has 6 heteroatoms. The molecule has 0 aliphatic carbocycles. The molecule has 0 aromatic carbocycles. The van der Waals surface area contributed by atoms with E-state index in [2.05, 4.69) is 4.98 Å². The molecular weight excluding hydrogens is 250 g/mol. The fraction of sp³-hybridized carbons (Fsp3) is 0.667. The fourth-order valence-electron chi connectivity index (χ4n) is 2.38. The molecule has 0 bridgehead atoms. The minimum atomic E-state index is -0.110. The van der Waals surface area contributed by atoms with Crippen molar-refractivity contribution in [2.75, 3.05) is 20.3 Å².